The third kappa shape index (κ3) is 2.42. The number of carbonyl (C=O) groups excluding carboxylic acids is 1. The van der Waals surface area contributed by atoms with Crippen molar-refractivity contribution >= 4 is 22.9 Å². The number of benzene rings is 1. The first-order valence-corrected chi connectivity index (χ1v) is 5.14. The summed E-state index contributed by atoms with van der Waals surface area (Å²) in [5, 5.41) is 9.28. The molecule has 4 heteroatoms. The van der Waals surface area contributed by atoms with E-state index in [2.05, 4.69) is 4.99 Å². The van der Waals surface area contributed by atoms with E-state index in [4.69, 9.17) is 5.73 Å². The minimum absolute atomic E-state index is 0.00976. The van der Waals surface area contributed by atoms with Gasteiger partial charge in [-0.25, -0.2) is 4.99 Å². The van der Waals surface area contributed by atoms with Crippen LogP contribution in [0.3, 0.4) is 0 Å². The summed E-state index contributed by atoms with van der Waals surface area (Å²) in [6.45, 7) is 1.89. The monoisotopic (exact) mass is 228 g/mol. The summed E-state index contributed by atoms with van der Waals surface area (Å²) in [4.78, 5) is 15.8. The molecule has 0 aromatic heterocycles. The van der Waals surface area contributed by atoms with E-state index in [-0.39, 0.29) is 17.2 Å². The lowest BCUT2D eigenvalue weighted by Gasteiger charge is -2.05. The SMILES string of the molecule is CC1=CC(=Nc2ccc(O)c(N)c2)C(=O)C=C1. The number of carbonyl (C=O) groups is 1. The Bertz CT molecular complexity index is 569. The Labute approximate surface area is 98.8 Å². The summed E-state index contributed by atoms with van der Waals surface area (Å²) in [5.74, 6) is -0.127. The number of aliphatic imine (C=N–C) groups is 1. The molecular formula is C13H12N2O2. The van der Waals surface area contributed by atoms with Crippen molar-refractivity contribution in [2.75, 3.05) is 5.73 Å². The van der Waals surface area contributed by atoms with Crippen LogP contribution in [0.4, 0.5) is 11.4 Å². The molecule has 0 heterocycles. The van der Waals surface area contributed by atoms with Crippen LogP contribution in [0.1, 0.15) is 6.92 Å². The van der Waals surface area contributed by atoms with Crippen LogP contribution in [0.25, 0.3) is 0 Å². The Morgan fingerprint density at radius 2 is 2.06 bits per heavy atom. The minimum Gasteiger partial charge on any atom is -0.506 e. The zero-order valence-electron chi connectivity index (χ0n) is 9.34. The highest BCUT2D eigenvalue weighted by Crippen LogP contribution is 2.25. The van der Waals surface area contributed by atoms with Crippen LogP contribution in [-0.2, 0) is 4.79 Å². The maximum absolute atomic E-state index is 11.6. The van der Waals surface area contributed by atoms with Crippen molar-refractivity contribution in [2.24, 2.45) is 4.99 Å². The maximum atomic E-state index is 11.6. The zero-order chi connectivity index (χ0) is 12.4. The number of nitrogens with two attached hydrogens (primary N) is 1. The predicted molar refractivity (Wildman–Crippen MR) is 67.5 cm³/mol. The molecule has 0 aliphatic heterocycles. The van der Waals surface area contributed by atoms with E-state index in [0.717, 1.165) is 5.57 Å². The Morgan fingerprint density at radius 3 is 2.76 bits per heavy atom. The third-order valence-corrected chi connectivity index (χ3v) is 2.38. The van der Waals surface area contributed by atoms with Crippen LogP contribution in [0.5, 0.6) is 5.75 Å². The number of nitrogen functional groups attached to an aromatic ring is 1. The molecule has 1 aliphatic rings. The van der Waals surface area contributed by atoms with E-state index in [0.29, 0.717) is 11.4 Å². The largest absolute Gasteiger partial charge is 0.506 e. The van der Waals surface area contributed by atoms with Crippen LogP contribution < -0.4 is 5.73 Å². The second-order valence-corrected chi connectivity index (χ2v) is 3.83. The quantitative estimate of drug-likeness (QED) is 0.439. The topological polar surface area (TPSA) is 75.7 Å². The van der Waals surface area contributed by atoms with Gasteiger partial charge in [-0.05, 0) is 42.8 Å². The summed E-state index contributed by atoms with van der Waals surface area (Å²) >= 11 is 0. The molecular weight excluding hydrogens is 216 g/mol. The highest BCUT2D eigenvalue weighted by atomic mass is 16.3. The molecule has 4 nitrogen and oxygen atoms in total. The minimum atomic E-state index is -0.137. The molecule has 0 amide bonds. The number of rotatable bonds is 1. The van der Waals surface area contributed by atoms with Gasteiger partial charge < -0.3 is 10.8 Å². The molecule has 0 radical (unpaired) electrons. The van der Waals surface area contributed by atoms with Crippen molar-refractivity contribution in [3.05, 3.63) is 42.0 Å². The van der Waals surface area contributed by atoms with Gasteiger partial charge in [-0.1, -0.05) is 6.08 Å². The number of ketones is 1. The molecule has 1 aromatic rings. The molecule has 2 rings (SSSR count). The van der Waals surface area contributed by atoms with Gasteiger partial charge >= 0.3 is 0 Å². The van der Waals surface area contributed by atoms with Gasteiger partial charge in [-0.3, -0.25) is 4.79 Å². The number of hydrogen-bond donors (Lipinski definition) is 2. The molecule has 86 valence electrons. The number of phenols is 1. The first-order valence-electron chi connectivity index (χ1n) is 5.14. The van der Waals surface area contributed by atoms with Gasteiger partial charge in [0.1, 0.15) is 11.5 Å². The number of nitrogens with zero attached hydrogens (tertiary/aromatic N) is 1. The molecule has 0 unspecified atom stereocenters. The van der Waals surface area contributed by atoms with Gasteiger partial charge in [0, 0.05) is 0 Å². The van der Waals surface area contributed by atoms with Crippen LogP contribution in [0.15, 0.2) is 47.0 Å². The van der Waals surface area contributed by atoms with Crippen LogP contribution in [-0.4, -0.2) is 16.6 Å². The Morgan fingerprint density at radius 1 is 1.29 bits per heavy atom. The second kappa shape index (κ2) is 4.25. The van der Waals surface area contributed by atoms with E-state index in [1.165, 1.54) is 18.2 Å². The first-order chi connectivity index (χ1) is 8.06. The highest BCUT2D eigenvalue weighted by molar-refractivity contribution is 6.49. The molecule has 1 aliphatic carbocycles. The normalized spacial score (nSPS) is 17.4. The van der Waals surface area contributed by atoms with Crippen molar-refractivity contribution in [2.45, 2.75) is 6.92 Å². The van der Waals surface area contributed by atoms with Crippen molar-refractivity contribution in [3.63, 3.8) is 0 Å². The molecule has 3 N–H and O–H groups in total. The number of allylic oxidation sites excluding steroid dienone is 4. The molecule has 0 saturated carbocycles. The fraction of sp³-hybridized carbons (Fsp3) is 0.0769. The predicted octanol–water partition coefficient (Wildman–Crippen LogP) is 2.13. The van der Waals surface area contributed by atoms with E-state index < -0.39 is 0 Å². The Hall–Kier alpha value is -2.36. The van der Waals surface area contributed by atoms with Crippen LogP contribution in [0, 0.1) is 0 Å². The zero-order valence-corrected chi connectivity index (χ0v) is 9.34. The molecule has 17 heavy (non-hydrogen) atoms. The van der Waals surface area contributed by atoms with Crippen LogP contribution in [0.2, 0.25) is 0 Å². The van der Waals surface area contributed by atoms with Gasteiger partial charge in [-0.15, -0.1) is 0 Å². The summed E-state index contributed by atoms with van der Waals surface area (Å²) < 4.78 is 0. The van der Waals surface area contributed by atoms with Gasteiger partial charge in [0.05, 0.1) is 11.4 Å². The third-order valence-electron chi connectivity index (χ3n) is 2.38. The standard InChI is InChI=1S/C13H12N2O2/c1-8-2-4-13(17)11(6-8)15-9-3-5-12(16)10(14)7-9/h2-7,16H,14H2,1H3. The van der Waals surface area contributed by atoms with Crippen LogP contribution >= 0.6 is 0 Å². The lowest BCUT2D eigenvalue weighted by Crippen LogP contribution is -2.11. The highest BCUT2D eigenvalue weighted by Gasteiger charge is 2.10. The lowest BCUT2D eigenvalue weighted by molar-refractivity contribution is -0.108. The molecule has 0 atom stereocenters. The van der Waals surface area contributed by atoms with Crippen molar-refractivity contribution in [1.29, 1.82) is 0 Å². The molecule has 1 aromatic carbocycles. The average Bonchev–Trinajstić information content (AvgIpc) is 2.29. The Balaban J connectivity index is 2.39. The van der Waals surface area contributed by atoms with Crippen molar-refractivity contribution < 1.29 is 9.90 Å². The fourth-order valence-corrected chi connectivity index (χ4v) is 1.47. The first kappa shape index (κ1) is 11.1. The average molecular weight is 228 g/mol. The number of hydrogen-bond acceptors (Lipinski definition) is 4. The van der Waals surface area contributed by atoms with Crippen molar-refractivity contribution in [3.8, 4) is 5.75 Å². The molecule has 0 spiro atoms. The smallest absolute Gasteiger partial charge is 0.204 e. The van der Waals surface area contributed by atoms with Gasteiger partial charge in [-0.2, -0.15) is 0 Å². The molecule has 0 saturated heterocycles. The molecule has 0 fully saturated rings. The number of aromatic hydroxyl groups is 1. The fourth-order valence-electron chi connectivity index (χ4n) is 1.47. The molecule has 0 bridgehead atoms. The summed E-state index contributed by atoms with van der Waals surface area (Å²) in [6, 6.07) is 4.58. The number of phenolic OH excluding ortho intramolecular Hbond substituents is 1. The van der Waals surface area contributed by atoms with Gasteiger partial charge in [0.15, 0.2) is 0 Å². The number of anilines is 1. The van der Waals surface area contributed by atoms with Gasteiger partial charge in [0.2, 0.25) is 5.78 Å². The van der Waals surface area contributed by atoms with Gasteiger partial charge in [0.25, 0.3) is 0 Å². The van der Waals surface area contributed by atoms with Crippen molar-refractivity contribution in [1.82, 2.24) is 0 Å². The Kier molecular flexibility index (Phi) is 2.78. The summed E-state index contributed by atoms with van der Waals surface area (Å²) in [7, 11) is 0. The van der Waals surface area contributed by atoms with E-state index in [1.807, 2.05) is 6.92 Å². The van der Waals surface area contributed by atoms with E-state index >= 15 is 0 Å². The summed E-state index contributed by atoms with van der Waals surface area (Å²) in [5.41, 5.74) is 7.68. The summed E-state index contributed by atoms with van der Waals surface area (Å²) in [6.07, 6.45) is 4.94. The maximum Gasteiger partial charge on any atom is 0.204 e. The lowest BCUT2D eigenvalue weighted by atomic mass is 10.1. The van der Waals surface area contributed by atoms with E-state index in [9.17, 15) is 9.90 Å². The van der Waals surface area contributed by atoms with E-state index in [1.54, 1.807) is 18.2 Å². The second-order valence-electron chi connectivity index (χ2n) is 3.83.